The lowest BCUT2D eigenvalue weighted by Crippen LogP contribution is -2.71. The first kappa shape index (κ1) is 31.6. The molecule has 0 bridgehead atoms. The molecule has 0 aliphatic carbocycles. The summed E-state index contributed by atoms with van der Waals surface area (Å²) in [5, 5.41) is 44.0. The van der Waals surface area contributed by atoms with Crippen LogP contribution in [0.3, 0.4) is 0 Å². The van der Waals surface area contributed by atoms with Gasteiger partial charge in [-0.15, -0.1) is 34.9 Å². The van der Waals surface area contributed by atoms with Crippen LogP contribution in [0.4, 0.5) is 5.13 Å². The molecule has 18 nitrogen and oxygen atoms in total. The summed E-state index contributed by atoms with van der Waals surface area (Å²) < 4.78 is 2.63. The van der Waals surface area contributed by atoms with Crippen molar-refractivity contribution in [3.63, 3.8) is 0 Å². The highest BCUT2D eigenvalue weighted by atomic mass is 32.2. The molecule has 3 aromatic heterocycles. The van der Waals surface area contributed by atoms with Crippen molar-refractivity contribution in [3.05, 3.63) is 66.4 Å². The second-order valence-corrected chi connectivity index (χ2v) is 13.3. The number of thiazole rings is 1. The van der Waals surface area contributed by atoms with Gasteiger partial charge in [0.1, 0.15) is 22.8 Å². The summed E-state index contributed by atoms with van der Waals surface area (Å²) in [5.41, 5.74) is 2.73. The molecule has 9 N–H and O–H groups in total. The number of nitrogens with two attached hydrogens (primary N) is 1. The normalized spacial score (nSPS) is 18.1. The molecule has 3 atom stereocenters. The van der Waals surface area contributed by atoms with Crippen molar-refractivity contribution in [2.45, 2.75) is 21.7 Å². The number of fused-ring (bicyclic) bond motifs is 1. The molecule has 1 fully saturated rings. The number of aliphatic carboxylic acids is 1. The number of thioether (sulfide) groups is 2. The van der Waals surface area contributed by atoms with Crippen LogP contribution in [-0.2, 0) is 14.4 Å². The molecule has 3 amide bonds. The number of carboxylic acids is 2. The van der Waals surface area contributed by atoms with Gasteiger partial charge in [0.05, 0.1) is 16.1 Å². The largest absolute Gasteiger partial charge is 0.503 e. The molecule has 3 aromatic rings. The Morgan fingerprint density at radius 2 is 1.93 bits per heavy atom. The Hall–Kier alpha value is -4.80. The van der Waals surface area contributed by atoms with Gasteiger partial charge in [-0.25, -0.2) is 14.6 Å². The zero-order chi connectivity index (χ0) is 32.7. The molecule has 236 valence electrons. The van der Waals surface area contributed by atoms with E-state index in [1.165, 1.54) is 5.38 Å². The molecule has 5 heterocycles. The third-order valence-electron chi connectivity index (χ3n) is 6.42. The van der Waals surface area contributed by atoms with E-state index in [-0.39, 0.29) is 42.5 Å². The van der Waals surface area contributed by atoms with Crippen molar-refractivity contribution in [1.82, 2.24) is 29.6 Å². The van der Waals surface area contributed by atoms with E-state index < -0.39 is 75.1 Å². The van der Waals surface area contributed by atoms with Gasteiger partial charge < -0.3 is 36.9 Å². The number of carboxylic acid groups (broad SMARTS) is 2. The van der Waals surface area contributed by atoms with Gasteiger partial charge in [0.15, 0.2) is 22.5 Å². The lowest BCUT2D eigenvalue weighted by molar-refractivity contribution is -0.151. The van der Waals surface area contributed by atoms with Crippen LogP contribution in [0.5, 0.6) is 5.75 Å². The van der Waals surface area contributed by atoms with Crippen LogP contribution in [0, 0.1) is 0 Å². The maximum atomic E-state index is 13.4. The predicted octanol–water partition coefficient (Wildman–Crippen LogP) is -0.720. The van der Waals surface area contributed by atoms with E-state index in [9.17, 15) is 54.1 Å². The summed E-state index contributed by atoms with van der Waals surface area (Å²) in [6.07, 6.45) is 0.584. The standard InChI is InChI=1S/C23H19N7O11S4/c24-23-25-7(5-44-23)12(26-15(33)8-1-9(31)10(32)2-29(8)41)17(35)27-13-18(36)30-14(21(39)40)6(3-42-19(13)30)4-43-22-11(20(37)38)16(34)28-45-22/h1-2,5,12-13,19,32,41H,3-4H2,(H2,24,25)(H,26,33)(H,27,35)(H,28,34)(H,37,38)(H,39,40)/t12?,13-,19-/m1/s1. The Morgan fingerprint density at radius 3 is 2.58 bits per heavy atom. The Morgan fingerprint density at radius 1 is 1.20 bits per heavy atom. The Balaban J connectivity index is 1.34. The van der Waals surface area contributed by atoms with E-state index in [1.807, 2.05) is 0 Å². The van der Waals surface area contributed by atoms with Crippen LogP contribution in [0.15, 0.2) is 42.7 Å². The summed E-state index contributed by atoms with van der Waals surface area (Å²) >= 11 is 3.79. The van der Waals surface area contributed by atoms with E-state index in [0.717, 1.165) is 51.3 Å². The van der Waals surface area contributed by atoms with Crippen molar-refractivity contribution >= 4 is 81.2 Å². The molecule has 1 unspecified atom stereocenters. The number of nitrogen functional groups attached to an aromatic ring is 1. The minimum absolute atomic E-state index is 0.0351. The summed E-state index contributed by atoms with van der Waals surface area (Å²) in [4.78, 5) is 91.7. The van der Waals surface area contributed by atoms with Crippen molar-refractivity contribution in [3.8, 4) is 5.75 Å². The average Bonchev–Trinajstić information content (AvgIpc) is 3.59. The first-order chi connectivity index (χ1) is 21.3. The number of H-pyrrole nitrogens is 1. The van der Waals surface area contributed by atoms with Gasteiger partial charge in [-0.1, -0.05) is 11.5 Å². The van der Waals surface area contributed by atoms with Crippen LogP contribution in [0.2, 0.25) is 0 Å². The Labute approximate surface area is 265 Å². The monoisotopic (exact) mass is 697 g/mol. The molecule has 2 aliphatic rings. The minimum atomic E-state index is -1.58. The van der Waals surface area contributed by atoms with Crippen molar-refractivity contribution in [2.75, 3.05) is 17.2 Å². The van der Waals surface area contributed by atoms with Crippen molar-refractivity contribution in [2.24, 2.45) is 0 Å². The second kappa shape index (κ2) is 12.3. The van der Waals surface area contributed by atoms with Gasteiger partial charge in [-0.3, -0.25) is 33.2 Å². The number of aromatic amines is 1. The molecule has 2 aliphatic heterocycles. The van der Waals surface area contributed by atoms with Gasteiger partial charge in [-0.05, 0) is 5.57 Å². The summed E-state index contributed by atoms with van der Waals surface area (Å²) in [7, 11) is 0. The number of anilines is 1. The number of pyridine rings is 1. The highest BCUT2D eigenvalue weighted by Gasteiger charge is 2.54. The number of carbonyl (C=O) groups is 5. The molecule has 45 heavy (non-hydrogen) atoms. The van der Waals surface area contributed by atoms with Crippen molar-refractivity contribution < 1.29 is 44.5 Å². The molecule has 22 heteroatoms. The van der Waals surface area contributed by atoms with E-state index in [0.29, 0.717) is 12.3 Å². The Bertz CT molecular complexity index is 1910. The number of aromatic hydroxyl groups is 1. The summed E-state index contributed by atoms with van der Waals surface area (Å²) in [6, 6.07) is -2.17. The average molecular weight is 698 g/mol. The number of hydrogen-bond donors (Lipinski definition) is 8. The fourth-order valence-corrected chi connectivity index (χ4v) is 8.39. The maximum absolute atomic E-state index is 13.4. The zero-order valence-electron chi connectivity index (χ0n) is 22.1. The van der Waals surface area contributed by atoms with Crippen LogP contribution in [0.25, 0.3) is 0 Å². The van der Waals surface area contributed by atoms with Crippen molar-refractivity contribution in [1.29, 1.82) is 0 Å². The summed E-state index contributed by atoms with van der Waals surface area (Å²) in [5.74, 6) is -6.49. The van der Waals surface area contributed by atoms with E-state index in [4.69, 9.17) is 5.73 Å². The first-order valence-electron chi connectivity index (χ1n) is 12.2. The number of nitrogens with zero attached hydrogens (tertiary/aromatic N) is 3. The second-order valence-electron chi connectivity index (χ2n) is 9.21. The molecule has 5 rings (SSSR count). The van der Waals surface area contributed by atoms with E-state index in [1.54, 1.807) is 0 Å². The molecule has 0 saturated carbocycles. The van der Waals surface area contributed by atoms with Crippen LogP contribution >= 0.6 is 46.4 Å². The topological polar surface area (TPSA) is 287 Å². The quantitative estimate of drug-likeness (QED) is 0.0737. The van der Waals surface area contributed by atoms with Gasteiger partial charge in [0.2, 0.25) is 11.3 Å². The predicted molar refractivity (Wildman–Crippen MR) is 159 cm³/mol. The minimum Gasteiger partial charge on any atom is -0.503 e. The van der Waals surface area contributed by atoms with Gasteiger partial charge >= 0.3 is 11.9 Å². The van der Waals surface area contributed by atoms with Gasteiger partial charge in [-0.2, -0.15) is 4.73 Å². The number of amides is 3. The van der Waals surface area contributed by atoms with Crippen LogP contribution in [0.1, 0.15) is 32.6 Å². The van der Waals surface area contributed by atoms with Gasteiger partial charge in [0.25, 0.3) is 17.4 Å². The Kier molecular flexibility index (Phi) is 8.64. The maximum Gasteiger partial charge on any atom is 0.352 e. The number of aromatic carboxylic acids is 1. The lowest BCUT2D eigenvalue weighted by atomic mass is 10.0. The van der Waals surface area contributed by atoms with Crippen LogP contribution < -0.4 is 27.4 Å². The molecular weight excluding hydrogens is 679 g/mol. The highest BCUT2D eigenvalue weighted by molar-refractivity contribution is 8.02. The van der Waals surface area contributed by atoms with E-state index >= 15 is 0 Å². The summed E-state index contributed by atoms with van der Waals surface area (Å²) in [6.45, 7) is 0. The van der Waals surface area contributed by atoms with Gasteiger partial charge in [0, 0.05) is 23.0 Å². The number of rotatable bonds is 10. The third kappa shape index (κ3) is 5.99. The fraction of sp³-hybridized carbons (Fsp3) is 0.217. The fourth-order valence-electron chi connectivity index (χ4n) is 4.35. The van der Waals surface area contributed by atoms with E-state index in [2.05, 4.69) is 20.0 Å². The number of hydrogen-bond acceptors (Lipinski definition) is 15. The smallest absolute Gasteiger partial charge is 0.352 e. The number of carbonyl (C=O) groups excluding carboxylic acids is 3. The molecule has 1 saturated heterocycles. The molecule has 0 spiro atoms. The van der Waals surface area contributed by atoms with Crippen LogP contribution in [-0.4, -0.2) is 92.1 Å². The number of aromatic nitrogens is 3. The lowest BCUT2D eigenvalue weighted by Gasteiger charge is -2.49. The molecule has 0 aromatic carbocycles. The SMILES string of the molecule is Nc1nc(C(NC(=O)c2cc(=O)c(O)cn2O)C(=O)N[C@@H]2C(=O)N3C(C(=O)O)=C(CSc4s[nH]c(=O)c4C(=O)O)CS[C@H]23)cs1. The number of nitrogens with one attached hydrogen (secondary N) is 3. The third-order valence-corrected chi connectivity index (χ3v) is 10.7. The molecule has 0 radical (unpaired) electrons. The number of β-lactam (4-membered cyclic amide) rings is 1. The molecular formula is C23H19N7O11S4. The highest BCUT2D eigenvalue weighted by Crippen LogP contribution is 2.42. The zero-order valence-corrected chi connectivity index (χ0v) is 25.3. The first-order valence-corrected chi connectivity index (χ1v) is 16.0.